The molecule has 1 aliphatic carbocycles. The smallest absolute Gasteiger partial charge is 0.197 e. The molecule has 1 rings (SSSR count). The largest absolute Gasteiger partial charge is 0.373 e. The number of carbonyl (C=O) groups is 1. The van der Waals surface area contributed by atoms with Gasteiger partial charge in [0.05, 0.1) is 0 Å². The highest BCUT2D eigenvalue weighted by Crippen LogP contribution is 2.39. The molecule has 1 saturated carbocycles. The molecule has 0 heterocycles. The number of carbonyl (C=O) groups excluding carboxylic acids is 1. The van der Waals surface area contributed by atoms with Gasteiger partial charge in [-0.1, -0.05) is 23.2 Å². The summed E-state index contributed by atoms with van der Waals surface area (Å²) in [5.74, 6) is -0.228. The Hall–Kier alpha value is 0.210. The fourth-order valence-corrected chi connectivity index (χ4v) is 1.24. The monoisotopic (exact) mass is 168 g/mol. The number of hydrogen-bond donors (Lipinski definition) is 0. The molecule has 0 aromatic carbocycles. The molecule has 2 nitrogen and oxygen atoms in total. The van der Waals surface area contributed by atoms with Crippen LogP contribution in [0, 0.1) is 0 Å². The zero-order valence-electron chi connectivity index (χ0n) is 4.86. The molecule has 0 aliphatic heterocycles. The van der Waals surface area contributed by atoms with Gasteiger partial charge in [0.1, 0.15) is 6.10 Å². The lowest BCUT2D eigenvalue weighted by atomic mass is 9.93. The Morgan fingerprint density at radius 3 is 2.44 bits per heavy atom. The van der Waals surface area contributed by atoms with E-state index in [4.69, 9.17) is 27.9 Å². The summed E-state index contributed by atoms with van der Waals surface area (Å²) in [5, 5.41) is 0. The molecule has 1 atom stereocenters. The van der Waals surface area contributed by atoms with Gasteiger partial charge in [-0.2, -0.15) is 0 Å². The second-order valence-electron chi connectivity index (χ2n) is 2.00. The van der Waals surface area contributed by atoms with E-state index in [2.05, 4.69) is 0 Å². The van der Waals surface area contributed by atoms with Crippen molar-refractivity contribution in [3.63, 3.8) is 0 Å². The summed E-state index contributed by atoms with van der Waals surface area (Å²) in [6.07, 6.45) is 0.0332. The van der Waals surface area contributed by atoms with Gasteiger partial charge in [-0.25, -0.2) is 0 Å². The molecule has 0 aromatic heterocycles. The minimum atomic E-state index is -1.17. The number of Topliss-reactive ketones (excluding diaryl/α,β-unsaturated/α-hetero) is 1. The maximum Gasteiger partial charge on any atom is 0.197 e. The summed E-state index contributed by atoms with van der Waals surface area (Å²) < 4.78 is 3.55. The van der Waals surface area contributed by atoms with Gasteiger partial charge in [0, 0.05) is 13.5 Å². The summed E-state index contributed by atoms with van der Waals surface area (Å²) in [4.78, 5) is 10.7. The zero-order chi connectivity index (χ0) is 7.07. The third-order valence-electron chi connectivity index (χ3n) is 1.38. The van der Waals surface area contributed by atoms with Gasteiger partial charge in [0.25, 0.3) is 0 Å². The Bertz CT molecular complexity index is 144. The topological polar surface area (TPSA) is 26.3 Å². The lowest BCUT2D eigenvalue weighted by molar-refractivity contribution is -0.138. The average molecular weight is 169 g/mol. The summed E-state index contributed by atoms with van der Waals surface area (Å²) >= 11 is 10.9. The van der Waals surface area contributed by atoms with Crippen molar-refractivity contribution >= 4 is 29.0 Å². The Labute approximate surface area is 63.1 Å². The molecular formula is C5H6Cl2O2. The lowest BCUT2D eigenvalue weighted by Gasteiger charge is -2.34. The maximum absolute atomic E-state index is 10.7. The molecule has 9 heavy (non-hydrogen) atoms. The van der Waals surface area contributed by atoms with Gasteiger partial charge in [0.2, 0.25) is 0 Å². The third-order valence-corrected chi connectivity index (χ3v) is 2.06. The minimum Gasteiger partial charge on any atom is -0.373 e. The van der Waals surface area contributed by atoms with Crippen molar-refractivity contribution in [2.45, 2.75) is 16.9 Å². The number of halogens is 2. The van der Waals surface area contributed by atoms with Crippen LogP contribution in [0.4, 0.5) is 0 Å². The zero-order valence-corrected chi connectivity index (χ0v) is 6.37. The molecule has 0 spiro atoms. The predicted molar refractivity (Wildman–Crippen MR) is 34.9 cm³/mol. The number of rotatable bonds is 1. The van der Waals surface area contributed by atoms with Crippen molar-refractivity contribution in [3.05, 3.63) is 0 Å². The second kappa shape index (κ2) is 2.11. The fourth-order valence-electron chi connectivity index (χ4n) is 0.721. The van der Waals surface area contributed by atoms with Crippen LogP contribution in [-0.2, 0) is 9.53 Å². The SMILES string of the molecule is COC1CC(Cl)(Cl)C1=O. The molecule has 0 bridgehead atoms. The Kier molecular flexibility index (Phi) is 1.72. The number of methoxy groups -OCH3 is 1. The van der Waals surface area contributed by atoms with E-state index in [0.29, 0.717) is 6.42 Å². The maximum atomic E-state index is 10.7. The first-order chi connectivity index (χ1) is 4.08. The van der Waals surface area contributed by atoms with Crippen molar-refractivity contribution in [3.8, 4) is 0 Å². The summed E-state index contributed by atoms with van der Waals surface area (Å²) in [6.45, 7) is 0. The van der Waals surface area contributed by atoms with Crippen LogP contribution >= 0.6 is 23.2 Å². The van der Waals surface area contributed by atoms with Crippen LogP contribution in [0.1, 0.15) is 6.42 Å². The highest BCUT2D eigenvalue weighted by molar-refractivity contribution is 6.60. The quantitative estimate of drug-likeness (QED) is 0.550. The summed E-state index contributed by atoms with van der Waals surface area (Å²) in [5.41, 5.74) is 0. The van der Waals surface area contributed by atoms with E-state index < -0.39 is 4.33 Å². The van der Waals surface area contributed by atoms with E-state index in [-0.39, 0.29) is 11.9 Å². The van der Waals surface area contributed by atoms with Crippen molar-refractivity contribution < 1.29 is 9.53 Å². The Morgan fingerprint density at radius 2 is 2.33 bits per heavy atom. The summed E-state index contributed by atoms with van der Waals surface area (Å²) in [7, 11) is 1.46. The van der Waals surface area contributed by atoms with Gasteiger partial charge in [-0.05, 0) is 0 Å². The highest BCUT2D eigenvalue weighted by atomic mass is 35.5. The van der Waals surface area contributed by atoms with E-state index in [0.717, 1.165) is 0 Å². The van der Waals surface area contributed by atoms with E-state index >= 15 is 0 Å². The first-order valence-electron chi connectivity index (χ1n) is 2.53. The van der Waals surface area contributed by atoms with E-state index in [1.54, 1.807) is 0 Å². The first-order valence-corrected chi connectivity index (χ1v) is 3.28. The van der Waals surface area contributed by atoms with Gasteiger partial charge in [-0.15, -0.1) is 0 Å². The Morgan fingerprint density at radius 1 is 1.78 bits per heavy atom. The highest BCUT2D eigenvalue weighted by Gasteiger charge is 2.51. The van der Waals surface area contributed by atoms with Crippen molar-refractivity contribution in [1.29, 1.82) is 0 Å². The van der Waals surface area contributed by atoms with Crippen molar-refractivity contribution in [2.24, 2.45) is 0 Å². The molecule has 1 aliphatic rings. The molecule has 52 valence electrons. The first kappa shape index (κ1) is 7.32. The van der Waals surface area contributed by atoms with Crippen LogP contribution in [-0.4, -0.2) is 23.3 Å². The molecule has 0 amide bonds. The van der Waals surface area contributed by atoms with Crippen LogP contribution in [0.2, 0.25) is 0 Å². The van der Waals surface area contributed by atoms with Crippen LogP contribution in [0.15, 0.2) is 0 Å². The van der Waals surface area contributed by atoms with Gasteiger partial charge in [-0.3, -0.25) is 4.79 Å². The molecule has 0 N–H and O–H groups in total. The number of hydrogen-bond acceptors (Lipinski definition) is 2. The molecule has 1 fully saturated rings. The molecule has 0 saturated heterocycles. The van der Waals surface area contributed by atoms with Crippen LogP contribution < -0.4 is 0 Å². The molecule has 0 aromatic rings. The standard InChI is InChI=1S/C5H6Cl2O2/c1-9-3-2-5(6,7)4(3)8/h3H,2H2,1H3. The third kappa shape index (κ3) is 1.07. The normalized spacial score (nSPS) is 31.9. The van der Waals surface area contributed by atoms with Crippen molar-refractivity contribution in [1.82, 2.24) is 0 Å². The van der Waals surface area contributed by atoms with Gasteiger partial charge in [0.15, 0.2) is 10.1 Å². The van der Waals surface area contributed by atoms with Gasteiger partial charge >= 0.3 is 0 Å². The number of alkyl halides is 2. The van der Waals surface area contributed by atoms with Crippen LogP contribution in [0.25, 0.3) is 0 Å². The predicted octanol–water partition coefficient (Wildman–Crippen LogP) is 1.15. The summed E-state index contributed by atoms with van der Waals surface area (Å²) in [6, 6.07) is 0. The second-order valence-corrected chi connectivity index (χ2v) is 3.48. The molecule has 4 heteroatoms. The molecular weight excluding hydrogens is 163 g/mol. The Balaban J connectivity index is 2.52. The van der Waals surface area contributed by atoms with Crippen molar-refractivity contribution in [2.75, 3.05) is 7.11 Å². The average Bonchev–Trinajstić information content (AvgIpc) is 1.82. The van der Waals surface area contributed by atoms with Crippen LogP contribution in [0.3, 0.4) is 0 Å². The molecule has 0 radical (unpaired) electrons. The lowest BCUT2D eigenvalue weighted by Crippen LogP contribution is -2.51. The van der Waals surface area contributed by atoms with E-state index in [1.807, 2.05) is 0 Å². The minimum absolute atomic E-state index is 0.228. The van der Waals surface area contributed by atoms with E-state index in [9.17, 15) is 4.79 Å². The van der Waals surface area contributed by atoms with E-state index in [1.165, 1.54) is 7.11 Å². The number of ether oxygens (including phenoxy) is 1. The number of ketones is 1. The fraction of sp³-hybridized carbons (Fsp3) is 0.800. The van der Waals surface area contributed by atoms with Crippen LogP contribution in [0.5, 0.6) is 0 Å². The van der Waals surface area contributed by atoms with Gasteiger partial charge < -0.3 is 4.74 Å². The molecule has 1 unspecified atom stereocenters.